The quantitative estimate of drug-likeness (QED) is 0.571. The molecule has 23 heavy (non-hydrogen) atoms. The molecule has 0 aliphatic carbocycles. The van der Waals surface area contributed by atoms with Crippen LogP contribution in [0, 0.1) is 5.92 Å². The van der Waals surface area contributed by atoms with Crippen LogP contribution >= 0.6 is 0 Å². The summed E-state index contributed by atoms with van der Waals surface area (Å²) < 4.78 is 10.5. The molecular formula is C18H25NO4. The zero-order chi connectivity index (χ0) is 16.8. The fraction of sp³-hybridized carbons (Fsp3) is 0.556. The van der Waals surface area contributed by atoms with Crippen molar-refractivity contribution in [1.29, 1.82) is 0 Å². The molecule has 1 heterocycles. The van der Waals surface area contributed by atoms with Crippen LogP contribution in [0.4, 0.5) is 5.69 Å². The number of ether oxygens (including phenoxy) is 2. The van der Waals surface area contributed by atoms with E-state index in [-0.39, 0.29) is 12.4 Å². The first kappa shape index (κ1) is 17.3. The third-order valence-electron chi connectivity index (χ3n) is 4.19. The molecule has 0 amide bonds. The molecule has 2 rings (SSSR count). The highest BCUT2D eigenvalue weighted by molar-refractivity contribution is 5.98. The van der Waals surface area contributed by atoms with Gasteiger partial charge in [0.05, 0.1) is 19.4 Å². The van der Waals surface area contributed by atoms with Crippen molar-refractivity contribution in [2.45, 2.75) is 33.1 Å². The smallest absolute Gasteiger partial charge is 0.316 e. The van der Waals surface area contributed by atoms with Gasteiger partial charge >= 0.3 is 5.97 Å². The Bertz CT molecular complexity index is 564. The number of esters is 1. The van der Waals surface area contributed by atoms with E-state index in [9.17, 15) is 9.59 Å². The summed E-state index contributed by atoms with van der Waals surface area (Å²) >= 11 is 0. The van der Waals surface area contributed by atoms with Crippen molar-refractivity contribution in [3.8, 4) is 5.75 Å². The SMILES string of the molecule is CCOC(=O)C(Cc1ccc(OC)c(N2CCCC2)c1)C(C)=O. The molecule has 0 bridgehead atoms. The predicted octanol–water partition coefficient (Wildman–Crippen LogP) is 2.61. The van der Waals surface area contributed by atoms with Crippen LogP contribution in [0.1, 0.15) is 32.3 Å². The molecule has 1 aliphatic heterocycles. The van der Waals surface area contributed by atoms with E-state index >= 15 is 0 Å². The Morgan fingerprint density at radius 3 is 2.52 bits per heavy atom. The van der Waals surface area contributed by atoms with Gasteiger partial charge in [0.2, 0.25) is 0 Å². The monoisotopic (exact) mass is 319 g/mol. The van der Waals surface area contributed by atoms with E-state index in [4.69, 9.17) is 9.47 Å². The fourth-order valence-electron chi connectivity index (χ4n) is 2.94. The Hall–Kier alpha value is -2.04. The second-order valence-electron chi connectivity index (χ2n) is 5.82. The first-order chi connectivity index (χ1) is 11.1. The number of Topliss-reactive ketones (excluding diaryl/α,β-unsaturated/α-hetero) is 1. The largest absolute Gasteiger partial charge is 0.495 e. The van der Waals surface area contributed by atoms with Crippen LogP contribution < -0.4 is 9.64 Å². The van der Waals surface area contributed by atoms with Gasteiger partial charge in [0, 0.05) is 13.1 Å². The average Bonchev–Trinajstić information content (AvgIpc) is 3.06. The van der Waals surface area contributed by atoms with Crippen LogP contribution in [-0.4, -0.2) is 38.6 Å². The van der Waals surface area contributed by atoms with Crippen LogP contribution in [0.15, 0.2) is 18.2 Å². The van der Waals surface area contributed by atoms with Crippen molar-refractivity contribution < 1.29 is 19.1 Å². The minimum Gasteiger partial charge on any atom is -0.495 e. The van der Waals surface area contributed by atoms with E-state index in [0.29, 0.717) is 6.42 Å². The number of carbonyl (C=O) groups excluding carboxylic acids is 2. The highest BCUT2D eigenvalue weighted by Crippen LogP contribution is 2.32. The molecule has 5 nitrogen and oxygen atoms in total. The van der Waals surface area contributed by atoms with Crippen molar-refractivity contribution in [2.75, 3.05) is 31.7 Å². The van der Waals surface area contributed by atoms with Gasteiger partial charge in [0.15, 0.2) is 0 Å². The first-order valence-electron chi connectivity index (χ1n) is 8.15. The number of benzene rings is 1. The lowest BCUT2D eigenvalue weighted by molar-refractivity contribution is -0.151. The second-order valence-corrected chi connectivity index (χ2v) is 5.82. The van der Waals surface area contributed by atoms with E-state index in [1.165, 1.54) is 19.8 Å². The summed E-state index contributed by atoms with van der Waals surface area (Å²) in [5.74, 6) is -0.526. The van der Waals surface area contributed by atoms with E-state index < -0.39 is 11.9 Å². The summed E-state index contributed by atoms with van der Waals surface area (Å²) in [7, 11) is 1.66. The molecule has 0 radical (unpaired) electrons. The van der Waals surface area contributed by atoms with Gasteiger partial charge in [0.1, 0.15) is 17.5 Å². The lowest BCUT2D eigenvalue weighted by Gasteiger charge is -2.22. The average molecular weight is 319 g/mol. The maximum atomic E-state index is 12.0. The number of rotatable bonds is 7. The van der Waals surface area contributed by atoms with Crippen LogP contribution in [0.5, 0.6) is 5.75 Å². The van der Waals surface area contributed by atoms with Crippen LogP contribution in [0.25, 0.3) is 0 Å². The maximum Gasteiger partial charge on any atom is 0.316 e. The predicted molar refractivity (Wildman–Crippen MR) is 88.9 cm³/mol. The van der Waals surface area contributed by atoms with Gasteiger partial charge in [-0.1, -0.05) is 6.07 Å². The summed E-state index contributed by atoms with van der Waals surface area (Å²) in [6, 6.07) is 5.85. The lowest BCUT2D eigenvalue weighted by atomic mass is 9.95. The number of hydrogen-bond acceptors (Lipinski definition) is 5. The molecule has 1 unspecified atom stereocenters. The molecule has 1 fully saturated rings. The van der Waals surface area contributed by atoms with Gasteiger partial charge in [-0.3, -0.25) is 9.59 Å². The summed E-state index contributed by atoms with van der Waals surface area (Å²) in [5.41, 5.74) is 1.98. The van der Waals surface area contributed by atoms with Gasteiger partial charge in [-0.25, -0.2) is 0 Å². The van der Waals surface area contributed by atoms with Crippen molar-refractivity contribution in [3.63, 3.8) is 0 Å². The number of anilines is 1. The summed E-state index contributed by atoms with van der Waals surface area (Å²) in [5, 5.41) is 0. The van der Waals surface area contributed by atoms with Crippen molar-refractivity contribution in [2.24, 2.45) is 5.92 Å². The topological polar surface area (TPSA) is 55.8 Å². The molecule has 1 atom stereocenters. The highest BCUT2D eigenvalue weighted by atomic mass is 16.5. The third kappa shape index (κ3) is 4.24. The Kier molecular flexibility index (Phi) is 6.02. The fourth-order valence-corrected chi connectivity index (χ4v) is 2.94. The minimum atomic E-state index is -0.741. The number of carbonyl (C=O) groups is 2. The standard InChI is InChI=1S/C18H25NO4/c1-4-23-18(21)15(13(2)20)11-14-7-8-17(22-3)16(12-14)19-9-5-6-10-19/h7-8,12,15H,4-6,9-11H2,1-3H3. The van der Waals surface area contributed by atoms with Gasteiger partial charge in [-0.05, 0) is 50.8 Å². The van der Waals surface area contributed by atoms with E-state index in [1.54, 1.807) is 14.0 Å². The summed E-state index contributed by atoms with van der Waals surface area (Å²) in [6.45, 7) is 5.48. The normalized spacial score (nSPS) is 15.3. The molecule has 126 valence electrons. The molecule has 1 aromatic rings. The van der Waals surface area contributed by atoms with Crippen LogP contribution in [0.3, 0.4) is 0 Å². The maximum absolute atomic E-state index is 12.0. The van der Waals surface area contributed by atoms with E-state index in [1.807, 2.05) is 18.2 Å². The molecule has 1 aliphatic rings. The van der Waals surface area contributed by atoms with Gasteiger partial charge in [0.25, 0.3) is 0 Å². The van der Waals surface area contributed by atoms with Gasteiger partial charge in [-0.2, -0.15) is 0 Å². The van der Waals surface area contributed by atoms with Gasteiger partial charge < -0.3 is 14.4 Å². The Morgan fingerprint density at radius 1 is 1.26 bits per heavy atom. The molecular weight excluding hydrogens is 294 g/mol. The summed E-state index contributed by atoms with van der Waals surface area (Å²) in [4.78, 5) is 26.1. The van der Waals surface area contributed by atoms with Gasteiger partial charge in [-0.15, -0.1) is 0 Å². The summed E-state index contributed by atoms with van der Waals surface area (Å²) in [6.07, 6.45) is 2.71. The molecule has 1 aromatic carbocycles. The number of hydrogen-bond donors (Lipinski definition) is 0. The number of ketones is 1. The first-order valence-corrected chi connectivity index (χ1v) is 8.15. The van der Waals surface area contributed by atoms with Crippen LogP contribution in [0.2, 0.25) is 0 Å². The third-order valence-corrected chi connectivity index (χ3v) is 4.19. The zero-order valence-electron chi connectivity index (χ0n) is 14.1. The molecule has 0 spiro atoms. The van der Waals surface area contributed by atoms with E-state index in [0.717, 1.165) is 30.1 Å². The zero-order valence-corrected chi connectivity index (χ0v) is 14.1. The molecule has 0 aromatic heterocycles. The van der Waals surface area contributed by atoms with Crippen molar-refractivity contribution in [1.82, 2.24) is 0 Å². The molecule has 0 N–H and O–H groups in total. The van der Waals surface area contributed by atoms with E-state index in [2.05, 4.69) is 4.90 Å². The van der Waals surface area contributed by atoms with Crippen molar-refractivity contribution in [3.05, 3.63) is 23.8 Å². The van der Waals surface area contributed by atoms with Crippen LogP contribution in [-0.2, 0) is 20.7 Å². The molecule has 5 heteroatoms. The molecule has 1 saturated heterocycles. The molecule has 0 saturated carbocycles. The highest BCUT2D eigenvalue weighted by Gasteiger charge is 2.26. The van der Waals surface area contributed by atoms with Crippen molar-refractivity contribution >= 4 is 17.4 Å². The number of methoxy groups -OCH3 is 1. The minimum absolute atomic E-state index is 0.165. The Labute approximate surface area is 137 Å². The lowest BCUT2D eigenvalue weighted by Crippen LogP contribution is -2.26. The Morgan fingerprint density at radius 2 is 1.96 bits per heavy atom. The second kappa shape index (κ2) is 7.99. The number of nitrogens with zero attached hydrogens (tertiary/aromatic N) is 1. The Balaban J connectivity index is 2.23.